The lowest BCUT2D eigenvalue weighted by atomic mass is 9.43. The molecule has 1 amide bonds. The first-order valence-corrected chi connectivity index (χ1v) is 11.5. The smallest absolute Gasteiger partial charge is 0.408 e. The van der Waals surface area contributed by atoms with Crippen LogP contribution in [0, 0.1) is 28.6 Å². The number of Topliss-reactive ketones (excluding diaryl/α,β-unsaturated/α-hetero) is 1. The summed E-state index contributed by atoms with van der Waals surface area (Å²) >= 11 is 0. The number of cyclic esters (lactones) is 1. The van der Waals surface area contributed by atoms with Gasteiger partial charge in [0.15, 0.2) is 11.9 Å². The number of alkyl carbamates (subject to hydrolysis) is 1. The van der Waals surface area contributed by atoms with Gasteiger partial charge in [-0.2, -0.15) is 0 Å². The number of ether oxygens (including phenoxy) is 3. The highest BCUT2D eigenvalue weighted by Gasteiger charge is 2.67. The standard InChI is InChI=1S/C25H31NO8/c1-5-9-26-23(30)34-17-11-16(21(28)31-4)24(2)8-6-15-22(29)33-18(14-7-10-32-13-14)12-25(15,3)20(24)19(17)27/h5,7,10,13,15-18,20H,1,6,8-9,11-12H2,2-4H3,(H,26,30)/t15?,16?,17-,18?,20-,24-,25-/m0/s1. The van der Waals surface area contributed by atoms with Crippen LogP contribution in [0.1, 0.15) is 51.2 Å². The first-order valence-electron chi connectivity index (χ1n) is 11.5. The number of fused-ring (bicyclic) bond motifs is 3. The predicted molar refractivity (Wildman–Crippen MR) is 118 cm³/mol. The number of ketones is 1. The maximum Gasteiger partial charge on any atom is 0.408 e. The minimum absolute atomic E-state index is 0.0381. The number of esters is 2. The number of carbonyl (C=O) groups excluding carboxylic acids is 4. The Morgan fingerprint density at radius 1 is 1.29 bits per heavy atom. The van der Waals surface area contributed by atoms with Crippen molar-refractivity contribution in [1.82, 2.24) is 5.32 Å². The van der Waals surface area contributed by atoms with Crippen LogP contribution in [0.15, 0.2) is 35.7 Å². The van der Waals surface area contributed by atoms with Crippen LogP contribution in [0.2, 0.25) is 0 Å². The summed E-state index contributed by atoms with van der Waals surface area (Å²) in [5.41, 5.74) is -0.858. The fourth-order valence-corrected chi connectivity index (χ4v) is 6.59. The van der Waals surface area contributed by atoms with E-state index >= 15 is 0 Å². The van der Waals surface area contributed by atoms with Gasteiger partial charge in [0.2, 0.25) is 0 Å². The Hall–Kier alpha value is -3.10. The summed E-state index contributed by atoms with van der Waals surface area (Å²) in [6.07, 6.45) is 3.46. The summed E-state index contributed by atoms with van der Waals surface area (Å²) in [5.74, 6) is -2.98. The maximum absolute atomic E-state index is 13.9. The molecule has 1 aromatic rings. The molecule has 0 spiro atoms. The van der Waals surface area contributed by atoms with Gasteiger partial charge in [0.25, 0.3) is 0 Å². The van der Waals surface area contributed by atoms with Crippen LogP contribution in [0.3, 0.4) is 0 Å². The Bertz CT molecular complexity index is 987. The highest BCUT2D eigenvalue weighted by Crippen LogP contribution is 2.65. The molecule has 0 aromatic carbocycles. The molecular formula is C25H31NO8. The molecule has 2 saturated carbocycles. The van der Waals surface area contributed by atoms with Gasteiger partial charge in [-0.3, -0.25) is 14.4 Å². The van der Waals surface area contributed by atoms with E-state index in [1.165, 1.54) is 25.7 Å². The fraction of sp³-hybridized carbons (Fsp3) is 0.600. The van der Waals surface area contributed by atoms with Crippen molar-refractivity contribution in [1.29, 1.82) is 0 Å². The lowest BCUT2D eigenvalue weighted by molar-refractivity contribution is -0.207. The van der Waals surface area contributed by atoms with E-state index in [0.717, 1.165) is 0 Å². The summed E-state index contributed by atoms with van der Waals surface area (Å²) in [4.78, 5) is 52.3. The average molecular weight is 474 g/mol. The molecule has 2 heterocycles. The van der Waals surface area contributed by atoms with Crippen LogP contribution in [0.4, 0.5) is 4.79 Å². The molecule has 34 heavy (non-hydrogen) atoms. The summed E-state index contributed by atoms with van der Waals surface area (Å²) in [5, 5.41) is 2.51. The first-order chi connectivity index (χ1) is 16.2. The molecule has 3 aliphatic rings. The number of amides is 1. The molecule has 3 fully saturated rings. The Labute approximate surface area is 198 Å². The van der Waals surface area contributed by atoms with E-state index in [2.05, 4.69) is 11.9 Å². The molecule has 7 atom stereocenters. The number of hydrogen-bond acceptors (Lipinski definition) is 8. The van der Waals surface area contributed by atoms with E-state index in [1.54, 1.807) is 6.07 Å². The molecule has 3 unspecified atom stereocenters. The summed E-state index contributed by atoms with van der Waals surface area (Å²) in [7, 11) is 1.31. The molecule has 4 rings (SSSR count). The number of hydrogen-bond donors (Lipinski definition) is 1. The van der Waals surface area contributed by atoms with Crippen LogP contribution < -0.4 is 5.32 Å². The van der Waals surface area contributed by atoms with Crippen LogP contribution in [0.25, 0.3) is 0 Å². The van der Waals surface area contributed by atoms with Gasteiger partial charge < -0.3 is 23.9 Å². The zero-order valence-electron chi connectivity index (χ0n) is 19.7. The lowest BCUT2D eigenvalue weighted by Crippen LogP contribution is -2.65. The quantitative estimate of drug-likeness (QED) is 0.393. The lowest BCUT2D eigenvalue weighted by Gasteiger charge is -2.60. The Morgan fingerprint density at radius 2 is 2.06 bits per heavy atom. The third kappa shape index (κ3) is 3.80. The molecule has 0 bridgehead atoms. The molecular weight excluding hydrogens is 442 g/mol. The molecule has 1 aliphatic heterocycles. The van der Waals surface area contributed by atoms with Gasteiger partial charge in [-0.25, -0.2) is 4.79 Å². The summed E-state index contributed by atoms with van der Waals surface area (Å²) in [6.45, 7) is 7.56. The molecule has 9 nitrogen and oxygen atoms in total. The maximum atomic E-state index is 13.9. The van der Waals surface area contributed by atoms with Crippen molar-refractivity contribution in [2.75, 3.05) is 13.7 Å². The van der Waals surface area contributed by atoms with Crippen molar-refractivity contribution in [3.8, 4) is 0 Å². The van der Waals surface area contributed by atoms with Gasteiger partial charge in [0.1, 0.15) is 6.10 Å². The van der Waals surface area contributed by atoms with E-state index in [-0.39, 0.29) is 24.7 Å². The van der Waals surface area contributed by atoms with Gasteiger partial charge in [-0.05, 0) is 36.2 Å². The molecule has 2 aliphatic carbocycles. The van der Waals surface area contributed by atoms with Crippen LogP contribution in [-0.2, 0) is 28.6 Å². The van der Waals surface area contributed by atoms with E-state index in [1.807, 2.05) is 13.8 Å². The van der Waals surface area contributed by atoms with Crippen LogP contribution >= 0.6 is 0 Å². The number of furan rings is 1. The van der Waals surface area contributed by atoms with Crippen molar-refractivity contribution >= 4 is 23.8 Å². The predicted octanol–water partition coefficient (Wildman–Crippen LogP) is 3.35. The number of rotatable bonds is 5. The number of methoxy groups -OCH3 is 1. The third-order valence-electron chi connectivity index (χ3n) is 8.14. The normalized spacial score (nSPS) is 37.0. The summed E-state index contributed by atoms with van der Waals surface area (Å²) in [6, 6.07) is 1.74. The zero-order chi connectivity index (χ0) is 24.7. The topological polar surface area (TPSA) is 121 Å². The molecule has 1 aromatic heterocycles. The highest BCUT2D eigenvalue weighted by molar-refractivity contribution is 5.93. The summed E-state index contributed by atoms with van der Waals surface area (Å²) < 4.78 is 21.5. The van der Waals surface area contributed by atoms with E-state index < -0.39 is 52.9 Å². The van der Waals surface area contributed by atoms with Crippen LogP contribution in [0.5, 0.6) is 0 Å². The van der Waals surface area contributed by atoms with E-state index in [9.17, 15) is 19.2 Å². The van der Waals surface area contributed by atoms with Crippen molar-refractivity contribution < 1.29 is 37.8 Å². The van der Waals surface area contributed by atoms with E-state index in [0.29, 0.717) is 24.8 Å². The van der Waals surface area contributed by atoms with Crippen molar-refractivity contribution in [2.24, 2.45) is 28.6 Å². The second-order valence-corrected chi connectivity index (χ2v) is 10.00. The Kier molecular flexibility index (Phi) is 6.31. The SMILES string of the molecule is C=CCNC(=O)O[C@H]1CC(C(=O)OC)[C@]2(C)CCC3C(=O)OC(c4ccoc4)C[C@]3(C)[C@H]2C1=O. The third-order valence-corrected chi connectivity index (χ3v) is 8.14. The molecule has 184 valence electrons. The van der Waals surface area contributed by atoms with Gasteiger partial charge in [0, 0.05) is 24.4 Å². The first kappa shape index (κ1) is 24.0. The fourth-order valence-electron chi connectivity index (χ4n) is 6.59. The van der Waals surface area contributed by atoms with Crippen molar-refractivity contribution in [3.63, 3.8) is 0 Å². The second-order valence-electron chi connectivity index (χ2n) is 10.00. The van der Waals surface area contributed by atoms with Crippen molar-refractivity contribution in [3.05, 3.63) is 36.8 Å². The van der Waals surface area contributed by atoms with Gasteiger partial charge in [-0.15, -0.1) is 6.58 Å². The monoisotopic (exact) mass is 473 g/mol. The number of carbonyl (C=O) groups is 4. The Morgan fingerprint density at radius 3 is 2.71 bits per heavy atom. The minimum atomic E-state index is -1.13. The van der Waals surface area contributed by atoms with Gasteiger partial charge in [-0.1, -0.05) is 19.9 Å². The number of nitrogens with one attached hydrogen (secondary N) is 1. The zero-order valence-corrected chi connectivity index (χ0v) is 19.7. The van der Waals surface area contributed by atoms with Crippen LogP contribution in [-0.4, -0.2) is 43.6 Å². The van der Waals surface area contributed by atoms with Gasteiger partial charge >= 0.3 is 18.0 Å². The molecule has 1 N–H and O–H groups in total. The molecule has 9 heteroatoms. The van der Waals surface area contributed by atoms with Crippen molar-refractivity contribution in [2.45, 2.75) is 51.7 Å². The molecule has 1 saturated heterocycles. The molecule has 0 radical (unpaired) electrons. The highest BCUT2D eigenvalue weighted by atomic mass is 16.6. The largest absolute Gasteiger partial charge is 0.472 e. The van der Waals surface area contributed by atoms with Gasteiger partial charge in [0.05, 0.1) is 31.5 Å². The second kappa shape index (κ2) is 8.92. The Balaban J connectivity index is 1.74. The average Bonchev–Trinajstić information content (AvgIpc) is 3.33. The minimum Gasteiger partial charge on any atom is -0.472 e. The van der Waals surface area contributed by atoms with E-state index in [4.69, 9.17) is 18.6 Å².